The minimum atomic E-state index is 0.312. The Hall–Kier alpha value is -1.36. The maximum absolute atomic E-state index is 6.17. The maximum atomic E-state index is 6.17. The van der Waals surface area contributed by atoms with E-state index in [1.54, 1.807) is 12.1 Å². The van der Waals surface area contributed by atoms with Crippen LogP contribution in [0.25, 0.3) is 11.3 Å². The summed E-state index contributed by atoms with van der Waals surface area (Å²) in [4.78, 5) is 8.50. The molecule has 1 aromatic heterocycles. The van der Waals surface area contributed by atoms with E-state index < -0.39 is 0 Å². The van der Waals surface area contributed by atoms with Crippen LogP contribution in [0.5, 0.6) is 0 Å². The largest absolute Gasteiger partial charge is 0.384 e. The molecule has 0 aliphatic carbocycles. The highest BCUT2D eigenvalue weighted by Gasteiger charge is 2.10. The van der Waals surface area contributed by atoms with Gasteiger partial charge in [0.25, 0.3) is 0 Å². The second kappa shape index (κ2) is 6.19. The molecule has 0 saturated carbocycles. The Morgan fingerprint density at radius 3 is 2.79 bits per heavy atom. The van der Waals surface area contributed by atoms with Crippen molar-refractivity contribution in [3.05, 3.63) is 40.1 Å². The summed E-state index contributed by atoms with van der Waals surface area (Å²) in [6, 6.07) is 7.02. The van der Waals surface area contributed by atoms with Crippen molar-refractivity contribution in [1.29, 1.82) is 0 Å². The number of aromatic nitrogens is 2. The zero-order chi connectivity index (χ0) is 13.8. The number of hydrogen-bond donors (Lipinski definition) is 1. The first kappa shape index (κ1) is 14.1. The van der Waals surface area contributed by atoms with Crippen molar-refractivity contribution in [3.63, 3.8) is 0 Å². The first-order valence-corrected chi connectivity index (χ1v) is 6.53. The average molecular weight is 298 g/mol. The van der Waals surface area contributed by atoms with Gasteiger partial charge in [-0.2, -0.15) is 0 Å². The average Bonchev–Trinajstić information content (AvgIpc) is 2.39. The SMILES string of the molecule is CCOCc1nc(N)cc(-c2cccc(Cl)c2Cl)n1. The number of nitrogen functional groups attached to an aromatic ring is 1. The normalized spacial score (nSPS) is 10.7. The Labute approximate surface area is 121 Å². The van der Waals surface area contributed by atoms with Crippen molar-refractivity contribution in [2.75, 3.05) is 12.3 Å². The summed E-state index contributed by atoms with van der Waals surface area (Å²) in [7, 11) is 0. The van der Waals surface area contributed by atoms with Crippen molar-refractivity contribution in [3.8, 4) is 11.3 Å². The second-order valence-corrected chi connectivity index (χ2v) is 4.62. The molecular formula is C13H13Cl2N3O. The molecule has 6 heteroatoms. The lowest BCUT2D eigenvalue weighted by Gasteiger charge is -2.08. The van der Waals surface area contributed by atoms with Gasteiger partial charge in [-0.15, -0.1) is 0 Å². The van der Waals surface area contributed by atoms with Gasteiger partial charge < -0.3 is 10.5 Å². The van der Waals surface area contributed by atoms with Crippen molar-refractivity contribution < 1.29 is 4.74 Å². The summed E-state index contributed by atoms with van der Waals surface area (Å²) in [6.45, 7) is 2.80. The molecule has 0 fully saturated rings. The van der Waals surface area contributed by atoms with E-state index in [1.165, 1.54) is 0 Å². The molecule has 0 radical (unpaired) electrons. The summed E-state index contributed by atoms with van der Waals surface area (Å²) < 4.78 is 5.28. The molecule has 0 spiro atoms. The van der Waals surface area contributed by atoms with Crippen LogP contribution in [0.15, 0.2) is 24.3 Å². The quantitative estimate of drug-likeness (QED) is 0.937. The Morgan fingerprint density at radius 2 is 2.05 bits per heavy atom. The van der Waals surface area contributed by atoms with E-state index in [4.69, 9.17) is 33.7 Å². The van der Waals surface area contributed by atoms with Gasteiger partial charge >= 0.3 is 0 Å². The standard InChI is InChI=1S/C13H13Cl2N3O/c1-2-19-7-12-17-10(6-11(16)18-12)8-4-3-5-9(14)13(8)15/h3-6H,2,7H2,1H3,(H2,16,17,18). The zero-order valence-electron chi connectivity index (χ0n) is 10.4. The van der Waals surface area contributed by atoms with E-state index in [2.05, 4.69) is 9.97 Å². The molecule has 0 aliphatic rings. The predicted molar refractivity (Wildman–Crippen MR) is 77.2 cm³/mol. The zero-order valence-corrected chi connectivity index (χ0v) is 11.9. The summed E-state index contributed by atoms with van der Waals surface area (Å²) in [5, 5.41) is 0.923. The molecule has 100 valence electrons. The Balaban J connectivity index is 2.44. The van der Waals surface area contributed by atoms with E-state index in [9.17, 15) is 0 Å². The van der Waals surface area contributed by atoms with E-state index in [1.807, 2.05) is 19.1 Å². The summed E-state index contributed by atoms with van der Waals surface area (Å²) in [5.41, 5.74) is 7.13. The smallest absolute Gasteiger partial charge is 0.157 e. The van der Waals surface area contributed by atoms with Crippen LogP contribution < -0.4 is 5.73 Å². The van der Waals surface area contributed by atoms with E-state index >= 15 is 0 Å². The highest BCUT2D eigenvalue weighted by atomic mass is 35.5. The summed E-state index contributed by atoms with van der Waals surface area (Å²) in [6.07, 6.45) is 0. The molecule has 0 saturated heterocycles. The monoisotopic (exact) mass is 297 g/mol. The third-order valence-corrected chi connectivity index (χ3v) is 3.27. The van der Waals surface area contributed by atoms with Crippen molar-refractivity contribution in [2.24, 2.45) is 0 Å². The lowest BCUT2D eigenvalue weighted by molar-refractivity contribution is 0.128. The molecule has 0 amide bonds. The Bertz CT molecular complexity index is 590. The summed E-state index contributed by atoms with van der Waals surface area (Å²) in [5.74, 6) is 0.892. The third-order valence-electron chi connectivity index (χ3n) is 2.46. The van der Waals surface area contributed by atoms with Crippen molar-refractivity contribution in [1.82, 2.24) is 9.97 Å². The Kier molecular flexibility index (Phi) is 4.58. The van der Waals surface area contributed by atoms with Crippen LogP contribution in [-0.4, -0.2) is 16.6 Å². The van der Waals surface area contributed by atoms with E-state index in [0.717, 1.165) is 5.56 Å². The van der Waals surface area contributed by atoms with E-state index in [0.29, 0.717) is 40.6 Å². The topological polar surface area (TPSA) is 61.0 Å². The van der Waals surface area contributed by atoms with E-state index in [-0.39, 0.29) is 0 Å². The minimum Gasteiger partial charge on any atom is -0.384 e. The van der Waals surface area contributed by atoms with Gasteiger partial charge in [-0.3, -0.25) is 0 Å². The van der Waals surface area contributed by atoms with Crippen LogP contribution in [-0.2, 0) is 11.3 Å². The van der Waals surface area contributed by atoms with Gasteiger partial charge in [0.05, 0.1) is 15.7 Å². The molecule has 2 rings (SSSR count). The predicted octanol–water partition coefficient (Wildman–Crippen LogP) is 3.57. The van der Waals surface area contributed by atoms with Crippen molar-refractivity contribution >= 4 is 29.0 Å². The lowest BCUT2D eigenvalue weighted by atomic mass is 10.1. The fourth-order valence-corrected chi connectivity index (χ4v) is 2.01. The van der Waals surface area contributed by atoms with Gasteiger partial charge in [0, 0.05) is 18.2 Å². The van der Waals surface area contributed by atoms with Crippen LogP contribution in [0.4, 0.5) is 5.82 Å². The molecule has 0 unspecified atom stereocenters. The molecule has 0 atom stereocenters. The van der Waals surface area contributed by atoms with Crippen LogP contribution in [0, 0.1) is 0 Å². The molecule has 0 aliphatic heterocycles. The molecular weight excluding hydrogens is 285 g/mol. The molecule has 2 N–H and O–H groups in total. The molecule has 4 nitrogen and oxygen atoms in total. The number of hydrogen-bond acceptors (Lipinski definition) is 4. The highest BCUT2D eigenvalue weighted by molar-refractivity contribution is 6.43. The number of nitrogens with zero attached hydrogens (tertiary/aromatic N) is 2. The molecule has 1 aromatic carbocycles. The van der Waals surface area contributed by atoms with Gasteiger partial charge in [-0.1, -0.05) is 35.3 Å². The third kappa shape index (κ3) is 3.35. The summed E-state index contributed by atoms with van der Waals surface area (Å²) >= 11 is 12.2. The minimum absolute atomic E-state index is 0.312. The number of rotatable bonds is 4. The molecule has 1 heterocycles. The van der Waals surface area contributed by atoms with Crippen molar-refractivity contribution in [2.45, 2.75) is 13.5 Å². The highest BCUT2D eigenvalue weighted by Crippen LogP contribution is 2.32. The fraction of sp³-hybridized carbons (Fsp3) is 0.231. The van der Waals surface area contributed by atoms with Gasteiger partial charge in [-0.05, 0) is 13.0 Å². The van der Waals surface area contributed by atoms with Crippen LogP contribution in [0.3, 0.4) is 0 Å². The van der Waals surface area contributed by atoms with Crippen LogP contribution in [0.2, 0.25) is 10.0 Å². The first-order chi connectivity index (χ1) is 9.11. The first-order valence-electron chi connectivity index (χ1n) is 5.77. The number of halogens is 2. The number of anilines is 1. The second-order valence-electron chi connectivity index (χ2n) is 3.83. The maximum Gasteiger partial charge on any atom is 0.157 e. The fourth-order valence-electron chi connectivity index (χ4n) is 1.62. The van der Waals surface area contributed by atoms with Gasteiger partial charge in [0.1, 0.15) is 12.4 Å². The Morgan fingerprint density at radius 1 is 1.26 bits per heavy atom. The number of nitrogens with two attached hydrogens (primary N) is 1. The van der Waals surface area contributed by atoms with Gasteiger partial charge in [0.2, 0.25) is 0 Å². The van der Waals surface area contributed by atoms with Crippen LogP contribution in [0.1, 0.15) is 12.7 Å². The molecule has 0 bridgehead atoms. The van der Waals surface area contributed by atoms with Gasteiger partial charge in [0.15, 0.2) is 5.82 Å². The van der Waals surface area contributed by atoms with Crippen LogP contribution >= 0.6 is 23.2 Å². The molecule has 2 aromatic rings. The molecule has 19 heavy (non-hydrogen) atoms. The number of ether oxygens (including phenoxy) is 1. The number of benzene rings is 1. The van der Waals surface area contributed by atoms with Gasteiger partial charge in [-0.25, -0.2) is 9.97 Å². The lowest BCUT2D eigenvalue weighted by Crippen LogP contribution is -2.03.